The lowest BCUT2D eigenvalue weighted by molar-refractivity contribution is 0.170. The van der Waals surface area contributed by atoms with Crippen molar-refractivity contribution in [3.05, 3.63) is 42.1 Å². The second kappa shape index (κ2) is 7.27. The molecular weight excluding hydrogens is 316 g/mol. The number of ether oxygens (including phenoxy) is 2. The zero-order valence-electron chi connectivity index (χ0n) is 14.6. The summed E-state index contributed by atoms with van der Waals surface area (Å²) in [7, 11) is 2.20. The number of hydrogen-bond donors (Lipinski definition) is 0. The molecule has 2 aliphatic heterocycles. The third-order valence-electron chi connectivity index (χ3n) is 4.94. The molecule has 0 amide bonds. The van der Waals surface area contributed by atoms with Crippen LogP contribution in [-0.2, 0) is 6.54 Å². The fourth-order valence-electron chi connectivity index (χ4n) is 3.59. The molecule has 1 aromatic heterocycles. The van der Waals surface area contributed by atoms with Gasteiger partial charge in [0.05, 0.1) is 0 Å². The van der Waals surface area contributed by atoms with Crippen LogP contribution in [-0.4, -0.2) is 54.5 Å². The summed E-state index contributed by atoms with van der Waals surface area (Å²) >= 11 is 0. The summed E-state index contributed by atoms with van der Waals surface area (Å²) < 4.78 is 11.3. The SMILES string of the molecule is CN(Cc1ccc2c(c1)OCCO2)[C@@H]1CCCN(c2cccnn2)C1. The van der Waals surface area contributed by atoms with Gasteiger partial charge in [-0.3, -0.25) is 4.90 Å². The summed E-state index contributed by atoms with van der Waals surface area (Å²) in [6.07, 6.45) is 4.10. The number of piperidine rings is 1. The molecule has 0 saturated carbocycles. The van der Waals surface area contributed by atoms with Crippen LogP contribution in [0.2, 0.25) is 0 Å². The van der Waals surface area contributed by atoms with Crippen LogP contribution in [0.3, 0.4) is 0 Å². The van der Waals surface area contributed by atoms with E-state index >= 15 is 0 Å². The van der Waals surface area contributed by atoms with E-state index in [-0.39, 0.29) is 0 Å². The molecule has 132 valence electrons. The van der Waals surface area contributed by atoms with Gasteiger partial charge in [0.25, 0.3) is 0 Å². The van der Waals surface area contributed by atoms with E-state index in [0.29, 0.717) is 19.3 Å². The van der Waals surface area contributed by atoms with Crippen molar-refractivity contribution in [2.24, 2.45) is 0 Å². The fraction of sp³-hybridized carbons (Fsp3) is 0.474. The van der Waals surface area contributed by atoms with E-state index in [1.54, 1.807) is 6.20 Å². The van der Waals surface area contributed by atoms with Crippen LogP contribution in [0.25, 0.3) is 0 Å². The average Bonchev–Trinajstić information content (AvgIpc) is 2.69. The minimum Gasteiger partial charge on any atom is -0.486 e. The maximum Gasteiger partial charge on any atom is 0.161 e. The number of fused-ring (bicyclic) bond motifs is 1. The van der Waals surface area contributed by atoms with E-state index in [1.165, 1.54) is 18.4 Å². The normalized spacial score (nSPS) is 19.9. The lowest BCUT2D eigenvalue weighted by Crippen LogP contribution is -2.46. The number of anilines is 1. The molecule has 0 unspecified atom stereocenters. The number of nitrogens with zero attached hydrogens (tertiary/aromatic N) is 4. The fourth-order valence-corrected chi connectivity index (χ4v) is 3.59. The van der Waals surface area contributed by atoms with Gasteiger partial charge in [-0.05, 0) is 49.7 Å². The van der Waals surface area contributed by atoms with Crippen LogP contribution in [0.15, 0.2) is 36.5 Å². The Hall–Kier alpha value is -2.34. The van der Waals surface area contributed by atoms with Crippen LogP contribution in [0.1, 0.15) is 18.4 Å². The standard InChI is InChI=1S/C19H24N4O2/c1-22(13-15-6-7-17-18(12-15)25-11-10-24-17)16-4-3-9-23(14-16)19-5-2-8-20-21-19/h2,5-8,12,16H,3-4,9-11,13-14H2,1H3/t16-/m1/s1. The first-order valence-electron chi connectivity index (χ1n) is 8.91. The van der Waals surface area contributed by atoms with Crippen molar-refractivity contribution >= 4 is 5.82 Å². The van der Waals surface area contributed by atoms with Gasteiger partial charge in [0, 0.05) is 31.9 Å². The van der Waals surface area contributed by atoms with E-state index in [4.69, 9.17) is 9.47 Å². The predicted octanol–water partition coefficient (Wildman–Crippen LogP) is 2.35. The largest absolute Gasteiger partial charge is 0.486 e. The summed E-state index contributed by atoms with van der Waals surface area (Å²) in [4.78, 5) is 4.76. The first-order chi connectivity index (χ1) is 12.3. The number of rotatable bonds is 4. The van der Waals surface area contributed by atoms with Gasteiger partial charge >= 0.3 is 0 Å². The summed E-state index contributed by atoms with van der Waals surface area (Å²) in [5.41, 5.74) is 1.25. The van der Waals surface area contributed by atoms with Gasteiger partial charge in [-0.2, -0.15) is 5.10 Å². The first kappa shape index (κ1) is 16.1. The smallest absolute Gasteiger partial charge is 0.161 e. The molecule has 0 spiro atoms. The van der Waals surface area contributed by atoms with Gasteiger partial charge in [-0.15, -0.1) is 5.10 Å². The van der Waals surface area contributed by atoms with Gasteiger partial charge in [-0.25, -0.2) is 0 Å². The van der Waals surface area contributed by atoms with Gasteiger partial charge in [0.2, 0.25) is 0 Å². The average molecular weight is 340 g/mol. The molecule has 6 nitrogen and oxygen atoms in total. The predicted molar refractivity (Wildman–Crippen MR) is 96.2 cm³/mol. The van der Waals surface area contributed by atoms with Gasteiger partial charge in [-0.1, -0.05) is 6.07 Å². The highest BCUT2D eigenvalue weighted by Gasteiger charge is 2.24. The minimum atomic E-state index is 0.504. The molecule has 0 bridgehead atoms. The molecule has 1 atom stereocenters. The molecule has 6 heteroatoms. The van der Waals surface area contributed by atoms with Crippen molar-refractivity contribution in [1.29, 1.82) is 0 Å². The second-order valence-corrected chi connectivity index (χ2v) is 6.72. The third kappa shape index (κ3) is 3.69. The van der Waals surface area contributed by atoms with Gasteiger partial charge < -0.3 is 14.4 Å². The third-order valence-corrected chi connectivity index (χ3v) is 4.94. The molecule has 25 heavy (non-hydrogen) atoms. The zero-order valence-corrected chi connectivity index (χ0v) is 14.6. The lowest BCUT2D eigenvalue weighted by atomic mass is 10.0. The molecule has 2 aliphatic rings. The maximum atomic E-state index is 5.70. The van der Waals surface area contributed by atoms with Crippen LogP contribution in [0.5, 0.6) is 11.5 Å². The molecule has 2 aromatic rings. The first-order valence-corrected chi connectivity index (χ1v) is 8.91. The Morgan fingerprint density at radius 1 is 1.20 bits per heavy atom. The van der Waals surface area contributed by atoms with Crippen molar-refractivity contribution < 1.29 is 9.47 Å². The summed E-state index contributed by atoms with van der Waals surface area (Å²) in [6, 6.07) is 10.7. The monoisotopic (exact) mass is 340 g/mol. The summed E-state index contributed by atoms with van der Waals surface area (Å²) in [5.74, 6) is 2.69. The van der Waals surface area contributed by atoms with E-state index in [1.807, 2.05) is 18.2 Å². The molecule has 3 heterocycles. The van der Waals surface area contributed by atoms with Crippen molar-refractivity contribution in [3.63, 3.8) is 0 Å². The molecule has 1 aromatic carbocycles. The Kier molecular flexibility index (Phi) is 4.70. The number of hydrogen-bond acceptors (Lipinski definition) is 6. The summed E-state index contributed by atoms with van der Waals surface area (Å²) in [5, 5.41) is 8.26. The summed E-state index contributed by atoms with van der Waals surface area (Å²) in [6.45, 7) is 4.19. The van der Waals surface area contributed by atoms with E-state index in [0.717, 1.165) is 37.0 Å². The Balaban J connectivity index is 1.41. The number of aromatic nitrogens is 2. The highest BCUT2D eigenvalue weighted by Crippen LogP contribution is 2.31. The van der Waals surface area contributed by atoms with E-state index in [2.05, 4.69) is 39.2 Å². The molecule has 0 aliphatic carbocycles. The molecule has 1 fully saturated rings. The molecule has 0 radical (unpaired) electrons. The Morgan fingerprint density at radius 2 is 2.08 bits per heavy atom. The zero-order chi connectivity index (χ0) is 17.1. The quantitative estimate of drug-likeness (QED) is 0.852. The Bertz CT molecular complexity index is 710. The van der Waals surface area contributed by atoms with Crippen molar-refractivity contribution in [2.45, 2.75) is 25.4 Å². The van der Waals surface area contributed by atoms with E-state index < -0.39 is 0 Å². The molecule has 4 rings (SSSR count). The Morgan fingerprint density at radius 3 is 2.92 bits per heavy atom. The van der Waals surface area contributed by atoms with Gasteiger partial charge in [0.1, 0.15) is 13.2 Å². The minimum absolute atomic E-state index is 0.504. The highest BCUT2D eigenvalue weighted by molar-refractivity contribution is 5.44. The maximum absolute atomic E-state index is 5.70. The second-order valence-electron chi connectivity index (χ2n) is 6.72. The van der Waals surface area contributed by atoms with Crippen molar-refractivity contribution in [2.75, 3.05) is 38.3 Å². The van der Waals surface area contributed by atoms with Gasteiger partial charge in [0.15, 0.2) is 17.3 Å². The molecular formula is C19H24N4O2. The topological polar surface area (TPSA) is 50.7 Å². The molecule has 0 N–H and O–H groups in total. The van der Waals surface area contributed by atoms with Crippen molar-refractivity contribution in [3.8, 4) is 11.5 Å². The van der Waals surface area contributed by atoms with Crippen LogP contribution in [0, 0.1) is 0 Å². The van der Waals surface area contributed by atoms with Crippen molar-refractivity contribution in [1.82, 2.24) is 15.1 Å². The molecule has 1 saturated heterocycles. The highest BCUT2D eigenvalue weighted by atomic mass is 16.6. The Labute approximate surface area is 148 Å². The lowest BCUT2D eigenvalue weighted by Gasteiger charge is -2.38. The number of likely N-dealkylation sites (N-methyl/N-ethyl adjacent to an activating group) is 1. The van der Waals surface area contributed by atoms with Crippen LogP contribution >= 0.6 is 0 Å². The van der Waals surface area contributed by atoms with Crippen LogP contribution < -0.4 is 14.4 Å². The van der Waals surface area contributed by atoms with Crippen LogP contribution in [0.4, 0.5) is 5.82 Å². The van der Waals surface area contributed by atoms with E-state index in [9.17, 15) is 0 Å². The number of benzene rings is 1.